The van der Waals surface area contributed by atoms with E-state index >= 15 is 0 Å². The molecular weight excluding hydrogens is 485 g/mol. The van der Waals surface area contributed by atoms with Gasteiger partial charge in [0.2, 0.25) is 17.7 Å². The van der Waals surface area contributed by atoms with Gasteiger partial charge >= 0.3 is 0 Å². The maximum Gasteiger partial charge on any atom is 0.274 e. The fourth-order valence-electron chi connectivity index (χ4n) is 3.85. The standard InChI is InChI=1S/C25H30FN5O6/c1-15-12-21(31-37-15)25(36)29-19-4-2-3-11-27-22(33)10-9-18(14-32)28-24(35)20(30-23(19)34)13-16-5-7-17(26)8-6-16/h5-8,12,14,18-20H,2-4,9-11,13H2,1H3,(H,27,33)(H,28,35)(H,29,36)(H,30,34). The zero-order valence-electron chi connectivity index (χ0n) is 20.4. The third kappa shape index (κ3) is 8.51. The lowest BCUT2D eigenvalue weighted by atomic mass is 10.0. The largest absolute Gasteiger partial charge is 0.361 e. The summed E-state index contributed by atoms with van der Waals surface area (Å²) in [4.78, 5) is 62.7. The van der Waals surface area contributed by atoms with E-state index in [1.165, 1.54) is 30.3 Å². The van der Waals surface area contributed by atoms with Crippen molar-refractivity contribution in [1.82, 2.24) is 26.4 Å². The van der Waals surface area contributed by atoms with Crippen LogP contribution in [0.2, 0.25) is 0 Å². The second-order valence-corrected chi connectivity index (χ2v) is 8.88. The smallest absolute Gasteiger partial charge is 0.274 e. The van der Waals surface area contributed by atoms with Crippen LogP contribution in [-0.4, -0.2) is 59.7 Å². The highest BCUT2D eigenvalue weighted by Crippen LogP contribution is 2.10. The molecule has 1 saturated heterocycles. The van der Waals surface area contributed by atoms with Crippen molar-refractivity contribution >= 4 is 29.9 Å². The Hall–Kier alpha value is -4.09. The predicted molar refractivity (Wildman–Crippen MR) is 129 cm³/mol. The van der Waals surface area contributed by atoms with E-state index in [1.54, 1.807) is 6.92 Å². The maximum absolute atomic E-state index is 13.4. The van der Waals surface area contributed by atoms with Gasteiger partial charge in [-0.1, -0.05) is 17.3 Å². The number of hydrogen-bond acceptors (Lipinski definition) is 7. The van der Waals surface area contributed by atoms with Crippen LogP contribution in [0.1, 0.15) is 53.9 Å². The van der Waals surface area contributed by atoms with E-state index in [9.17, 15) is 28.4 Å². The molecule has 0 bridgehead atoms. The predicted octanol–water partition coefficient (Wildman–Crippen LogP) is 0.712. The number of aldehydes is 1. The lowest BCUT2D eigenvalue weighted by molar-refractivity contribution is -0.131. The lowest BCUT2D eigenvalue weighted by Crippen LogP contribution is -2.55. The molecule has 0 spiro atoms. The molecule has 11 nitrogen and oxygen atoms in total. The number of rotatable bonds is 5. The molecule has 1 fully saturated rings. The molecule has 4 amide bonds. The molecular formula is C25H30FN5O6. The number of carbonyl (C=O) groups excluding carboxylic acids is 5. The van der Waals surface area contributed by atoms with Crippen molar-refractivity contribution in [2.75, 3.05) is 6.54 Å². The van der Waals surface area contributed by atoms with Crippen LogP contribution < -0.4 is 21.3 Å². The summed E-state index contributed by atoms with van der Waals surface area (Å²) >= 11 is 0. The van der Waals surface area contributed by atoms with Gasteiger partial charge in [0, 0.05) is 25.5 Å². The van der Waals surface area contributed by atoms with Gasteiger partial charge < -0.3 is 30.6 Å². The summed E-state index contributed by atoms with van der Waals surface area (Å²) in [5.41, 5.74) is 0.573. The summed E-state index contributed by atoms with van der Waals surface area (Å²) in [6.07, 6.45) is 1.93. The van der Waals surface area contributed by atoms with Crippen LogP contribution in [0.3, 0.4) is 0 Å². The van der Waals surface area contributed by atoms with Crippen molar-refractivity contribution in [3.63, 3.8) is 0 Å². The first kappa shape index (κ1) is 27.5. The number of hydrogen-bond donors (Lipinski definition) is 4. The van der Waals surface area contributed by atoms with Gasteiger partial charge in [-0.05, 0) is 50.3 Å². The number of nitrogens with zero attached hydrogens (tertiary/aromatic N) is 1. The van der Waals surface area contributed by atoms with Crippen molar-refractivity contribution < 1.29 is 32.9 Å². The van der Waals surface area contributed by atoms with E-state index in [0.29, 0.717) is 37.0 Å². The van der Waals surface area contributed by atoms with Gasteiger partial charge in [0.25, 0.3) is 5.91 Å². The molecule has 2 aromatic rings. The average molecular weight is 516 g/mol. The minimum absolute atomic E-state index is 0.00267. The number of halogens is 1. The van der Waals surface area contributed by atoms with Gasteiger partial charge in [0.1, 0.15) is 29.9 Å². The molecule has 3 atom stereocenters. The summed E-state index contributed by atoms with van der Waals surface area (Å²) in [5.74, 6) is -2.18. The molecule has 198 valence electrons. The fraction of sp³-hybridized carbons (Fsp3) is 0.440. The SMILES string of the molecule is Cc1cc(C(=O)NC2CCCCNC(=O)CCC(C=O)NC(=O)C(Cc3ccc(F)cc3)NC2=O)no1. The molecule has 1 aromatic heterocycles. The highest BCUT2D eigenvalue weighted by atomic mass is 19.1. The first-order valence-corrected chi connectivity index (χ1v) is 12.1. The number of amides is 4. The van der Waals surface area contributed by atoms with Crippen molar-refractivity contribution in [1.29, 1.82) is 0 Å². The molecule has 3 rings (SSSR count). The highest BCUT2D eigenvalue weighted by Gasteiger charge is 2.29. The summed E-state index contributed by atoms with van der Waals surface area (Å²) < 4.78 is 18.3. The second kappa shape index (κ2) is 13.3. The van der Waals surface area contributed by atoms with Crippen LogP contribution in [0.4, 0.5) is 4.39 Å². The van der Waals surface area contributed by atoms with Crippen molar-refractivity contribution in [2.45, 2.75) is 63.6 Å². The average Bonchev–Trinajstić information content (AvgIpc) is 3.32. The summed E-state index contributed by atoms with van der Waals surface area (Å²) in [6.45, 7) is 1.98. The van der Waals surface area contributed by atoms with Gasteiger partial charge in [0.05, 0.1) is 6.04 Å². The Labute approximate surface area is 212 Å². The Morgan fingerprint density at radius 3 is 2.57 bits per heavy atom. The van der Waals surface area contributed by atoms with E-state index in [4.69, 9.17) is 4.52 Å². The quantitative estimate of drug-likeness (QED) is 0.427. The monoisotopic (exact) mass is 515 g/mol. The zero-order chi connectivity index (χ0) is 26.8. The van der Waals surface area contributed by atoms with Crippen molar-refractivity contribution in [2.24, 2.45) is 0 Å². The number of aryl methyl sites for hydroxylation is 1. The van der Waals surface area contributed by atoms with E-state index in [0.717, 1.165) is 0 Å². The van der Waals surface area contributed by atoms with Crippen LogP contribution in [0.5, 0.6) is 0 Å². The third-order valence-corrected chi connectivity index (χ3v) is 5.88. The van der Waals surface area contributed by atoms with E-state index in [2.05, 4.69) is 26.4 Å². The Morgan fingerprint density at radius 1 is 1.14 bits per heavy atom. The molecule has 0 saturated carbocycles. The number of benzene rings is 1. The second-order valence-electron chi connectivity index (χ2n) is 8.88. The Balaban J connectivity index is 1.84. The van der Waals surface area contributed by atoms with Crippen LogP contribution in [-0.2, 0) is 25.6 Å². The summed E-state index contributed by atoms with van der Waals surface area (Å²) in [6, 6.07) is 3.77. The molecule has 1 aliphatic rings. The van der Waals surface area contributed by atoms with Gasteiger partial charge in [0.15, 0.2) is 5.69 Å². The van der Waals surface area contributed by atoms with Crippen molar-refractivity contribution in [3.8, 4) is 0 Å². The highest BCUT2D eigenvalue weighted by molar-refractivity contribution is 5.97. The minimum Gasteiger partial charge on any atom is -0.361 e. The molecule has 12 heteroatoms. The molecule has 0 radical (unpaired) electrons. The normalized spacial score (nSPS) is 22.0. The number of nitrogens with one attached hydrogen (secondary N) is 4. The topological polar surface area (TPSA) is 160 Å². The van der Waals surface area contributed by atoms with Crippen molar-refractivity contribution in [3.05, 3.63) is 53.2 Å². The Kier molecular flexibility index (Phi) is 9.87. The minimum atomic E-state index is -1.13. The molecule has 1 aliphatic heterocycles. The molecule has 37 heavy (non-hydrogen) atoms. The van der Waals surface area contributed by atoms with Crippen LogP contribution in [0, 0.1) is 12.7 Å². The van der Waals surface area contributed by atoms with Gasteiger partial charge in [-0.2, -0.15) is 0 Å². The molecule has 0 aliphatic carbocycles. The zero-order valence-corrected chi connectivity index (χ0v) is 20.4. The Morgan fingerprint density at radius 2 is 1.89 bits per heavy atom. The van der Waals surface area contributed by atoms with E-state index < -0.39 is 41.7 Å². The maximum atomic E-state index is 13.4. The summed E-state index contributed by atoms with van der Waals surface area (Å²) in [5, 5.41) is 14.3. The van der Waals surface area contributed by atoms with E-state index in [1.807, 2.05) is 0 Å². The third-order valence-electron chi connectivity index (χ3n) is 5.88. The summed E-state index contributed by atoms with van der Waals surface area (Å²) in [7, 11) is 0. The lowest BCUT2D eigenvalue weighted by Gasteiger charge is -2.24. The number of aromatic nitrogens is 1. The fourth-order valence-corrected chi connectivity index (χ4v) is 3.85. The van der Waals surface area contributed by atoms with Gasteiger partial charge in [-0.3, -0.25) is 19.2 Å². The Bertz CT molecular complexity index is 1120. The van der Waals surface area contributed by atoms with Gasteiger partial charge in [-0.15, -0.1) is 0 Å². The van der Waals surface area contributed by atoms with E-state index in [-0.39, 0.29) is 37.3 Å². The van der Waals surface area contributed by atoms with Crippen LogP contribution in [0.25, 0.3) is 0 Å². The molecule has 1 aromatic carbocycles. The first-order chi connectivity index (χ1) is 17.7. The molecule has 2 heterocycles. The number of carbonyl (C=O) groups is 5. The first-order valence-electron chi connectivity index (χ1n) is 12.1. The molecule has 4 N–H and O–H groups in total. The molecule has 3 unspecified atom stereocenters. The van der Waals surface area contributed by atoms with Crippen LogP contribution in [0.15, 0.2) is 34.9 Å². The van der Waals surface area contributed by atoms with Crippen LogP contribution >= 0.6 is 0 Å². The van der Waals surface area contributed by atoms with Gasteiger partial charge in [-0.25, -0.2) is 4.39 Å².